The molecule has 4 atom stereocenters. The number of morpholine rings is 1. The van der Waals surface area contributed by atoms with Crippen molar-refractivity contribution >= 4 is 11.3 Å². The number of rotatable bonds is 9. The number of nitrogens with zero attached hydrogens (tertiary/aromatic N) is 4. The first-order valence-electron chi connectivity index (χ1n) is 8.54. The molecule has 154 valence electrons. The molecule has 0 saturated carbocycles. The van der Waals surface area contributed by atoms with Gasteiger partial charge < -0.3 is 19.3 Å². The van der Waals surface area contributed by atoms with Crippen molar-refractivity contribution in [1.29, 1.82) is 0 Å². The molecule has 3 rings (SSSR count). The maximum absolute atomic E-state index is 11.3. The van der Waals surface area contributed by atoms with Crippen LogP contribution >= 0.6 is 11.3 Å². The molecule has 0 aliphatic carbocycles. The van der Waals surface area contributed by atoms with E-state index in [1.165, 1.54) is 11.3 Å². The summed E-state index contributed by atoms with van der Waals surface area (Å²) in [4.78, 5) is 34.3. The molecule has 2 heterocycles. The normalized spacial score (nSPS) is 24.0. The van der Waals surface area contributed by atoms with Crippen molar-refractivity contribution in [3.63, 3.8) is 0 Å². The van der Waals surface area contributed by atoms with Crippen molar-refractivity contribution in [3.05, 3.63) is 60.9 Å². The third-order valence-electron chi connectivity index (χ3n) is 4.39. The number of nitroso groups, excluding NO2 is 3. The third-order valence-corrected chi connectivity index (χ3v) is 5.29. The summed E-state index contributed by atoms with van der Waals surface area (Å²) in [7, 11) is 1.59. The Kier molecular flexibility index (Phi) is 6.80. The number of aliphatic hydroxyl groups excluding tert-OH is 1. The van der Waals surface area contributed by atoms with Crippen LogP contribution in [-0.2, 0) is 11.2 Å². The Bertz CT molecular complexity index is 847. The first kappa shape index (κ1) is 20.8. The number of hydrogen-bond donors (Lipinski definition) is 1. The molecule has 12 heteroatoms. The van der Waals surface area contributed by atoms with E-state index in [1.807, 2.05) is 24.3 Å². The molecule has 2 aromatic rings. The molecule has 1 saturated heterocycles. The van der Waals surface area contributed by atoms with E-state index < -0.39 is 31.3 Å². The van der Waals surface area contributed by atoms with E-state index in [0.29, 0.717) is 17.2 Å². The van der Waals surface area contributed by atoms with Gasteiger partial charge in [0.05, 0.1) is 23.9 Å². The van der Waals surface area contributed by atoms with Crippen LogP contribution < -0.4 is 9.47 Å². The predicted molar refractivity (Wildman–Crippen MR) is 103 cm³/mol. The zero-order valence-corrected chi connectivity index (χ0v) is 16.1. The van der Waals surface area contributed by atoms with Crippen LogP contribution in [0, 0.1) is 14.7 Å². The van der Waals surface area contributed by atoms with E-state index in [9.17, 15) is 19.8 Å². The van der Waals surface area contributed by atoms with Gasteiger partial charge in [0.2, 0.25) is 18.6 Å². The number of ether oxygens (including phenoxy) is 3. The Balaban J connectivity index is 1.79. The van der Waals surface area contributed by atoms with E-state index in [1.54, 1.807) is 18.6 Å². The molecule has 0 unspecified atom stereocenters. The monoisotopic (exact) mass is 422 g/mol. The van der Waals surface area contributed by atoms with Crippen LogP contribution in [-0.4, -0.2) is 48.6 Å². The molecule has 1 fully saturated rings. The van der Waals surface area contributed by atoms with Crippen molar-refractivity contribution < 1.29 is 19.3 Å². The van der Waals surface area contributed by atoms with Crippen LogP contribution in [0.25, 0.3) is 0 Å². The molecule has 1 aromatic carbocycles. The highest BCUT2D eigenvalue weighted by Crippen LogP contribution is 2.33. The summed E-state index contributed by atoms with van der Waals surface area (Å²) in [6.07, 6.45) is -5.03. The minimum Gasteiger partial charge on any atom is -0.497 e. The van der Waals surface area contributed by atoms with Crippen LogP contribution in [0.5, 0.6) is 11.5 Å². The molecular weight excluding hydrogens is 404 g/mol. The smallest absolute Gasteiger partial charge is 0.246 e. The largest absolute Gasteiger partial charge is 0.497 e. The fourth-order valence-corrected chi connectivity index (χ4v) is 3.76. The molecule has 11 nitrogen and oxygen atoms in total. The topological polar surface area (TPSA) is 139 Å². The minimum absolute atomic E-state index is 0.421. The van der Waals surface area contributed by atoms with E-state index in [2.05, 4.69) is 15.6 Å². The Labute approximate surface area is 169 Å². The van der Waals surface area contributed by atoms with Crippen LogP contribution in [0.15, 0.2) is 51.4 Å². The fraction of sp³-hybridized carbons (Fsp3) is 0.412. The minimum atomic E-state index is -1.54. The second-order valence-corrected chi connectivity index (χ2v) is 7.08. The lowest BCUT2D eigenvalue weighted by atomic mass is 10.1. The Morgan fingerprint density at radius 2 is 1.86 bits per heavy atom. The molecule has 0 spiro atoms. The summed E-state index contributed by atoms with van der Waals surface area (Å²) in [6, 6.07) is 9.19. The van der Waals surface area contributed by atoms with Gasteiger partial charge in [0.1, 0.15) is 17.6 Å². The lowest BCUT2D eigenvalue weighted by Crippen LogP contribution is -2.59. The Hall–Kier alpha value is -2.96. The van der Waals surface area contributed by atoms with Crippen LogP contribution in [0.4, 0.5) is 0 Å². The highest BCUT2D eigenvalue weighted by Gasteiger charge is 2.48. The van der Waals surface area contributed by atoms with Gasteiger partial charge in [-0.15, -0.1) is 26.1 Å². The molecular formula is C17H18N4O7S. The van der Waals surface area contributed by atoms with E-state index in [4.69, 9.17) is 14.2 Å². The molecule has 0 bridgehead atoms. The number of hydrogen-bond acceptors (Lipinski definition) is 11. The first-order chi connectivity index (χ1) is 14.1. The van der Waals surface area contributed by atoms with E-state index >= 15 is 0 Å². The lowest BCUT2D eigenvalue weighted by molar-refractivity contribution is -0.227. The summed E-state index contributed by atoms with van der Waals surface area (Å²) >= 11 is 1.43. The maximum Gasteiger partial charge on any atom is 0.246 e. The summed E-state index contributed by atoms with van der Waals surface area (Å²) in [5, 5.41) is 19.9. The van der Waals surface area contributed by atoms with Crippen LogP contribution in [0.2, 0.25) is 0 Å². The van der Waals surface area contributed by atoms with Gasteiger partial charge in [0.15, 0.2) is 0 Å². The van der Waals surface area contributed by atoms with E-state index in [-0.39, 0.29) is 0 Å². The van der Waals surface area contributed by atoms with E-state index in [0.717, 1.165) is 16.2 Å². The van der Waals surface area contributed by atoms with Gasteiger partial charge in [-0.05, 0) is 39.5 Å². The zero-order chi connectivity index (χ0) is 20.8. The second-order valence-electron chi connectivity index (χ2n) is 6.08. The predicted octanol–water partition coefficient (Wildman–Crippen LogP) is 2.61. The molecule has 29 heavy (non-hydrogen) atoms. The quantitative estimate of drug-likeness (QED) is 0.608. The third kappa shape index (κ3) is 4.39. The molecule has 1 aromatic heterocycles. The zero-order valence-electron chi connectivity index (χ0n) is 15.3. The van der Waals surface area contributed by atoms with Crippen LogP contribution in [0.1, 0.15) is 10.4 Å². The number of aliphatic hydroxyl groups is 1. The average Bonchev–Trinajstić information content (AvgIpc) is 3.19. The van der Waals surface area contributed by atoms with Crippen molar-refractivity contribution in [1.82, 2.24) is 5.01 Å². The summed E-state index contributed by atoms with van der Waals surface area (Å²) in [5.74, 6) is 1.16. The highest BCUT2D eigenvalue weighted by molar-refractivity contribution is 7.10. The molecule has 1 aliphatic rings. The average molecular weight is 422 g/mol. The van der Waals surface area contributed by atoms with Crippen molar-refractivity contribution in [2.75, 3.05) is 13.7 Å². The molecule has 0 radical (unpaired) electrons. The van der Waals surface area contributed by atoms with Gasteiger partial charge >= 0.3 is 0 Å². The van der Waals surface area contributed by atoms with Crippen LogP contribution in [0.3, 0.4) is 0 Å². The highest BCUT2D eigenvalue weighted by atomic mass is 32.1. The summed E-state index contributed by atoms with van der Waals surface area (Å²) < 4.78 is 16.4. The van der Waals surface area contributed by atoms with Crippen molar-refractivity contribution in [2.45, 2.75) is 31.1 Å². The Morgan fingerprint density at radius 3 is 2.45 bits per heavy atom. The number of benzene rings is 1. The maximum atomic E-state index is 11.3. The first-order valence-corrected chi connectivity index (χ1v) is 9.42. The number of methoxy groups -OCH3 is 1. The standard InChI is InChI=1S/C17H18N4O7S/c1-26-11-4-2-10(3-5-11)8-14-12(6-7-29-14)27-17-16(19-24)21(20-25)15(18-23)13(9-22)28-17/h2-7,13,15-17,22H,8-9H2,1H3/t13-,15-,16+,17-/m1/s1. The summed E-state index contributed by atoms with van der Waals surface area (Å²) in [5.41, 5.74) is 1.00. The lowest BCUT2D eigenvalue weighted by Gasteiger charge is -2.39. The van der Waals surface area contributed by atoms with Gasteiger partial charge in [-0.1, -0.05) is 12.1 Å². The van der Waals surface area contributed by atoms with Gasteiger partial charge in [-0.3, -0.25) is 0 Å². The Morgan fingerprint density at radius 1 is 1.14 bits per heavy atom. The fourth-order valence-electron chi connectivity index (χ4n) is 2.92. The molecule has 1 N–H and O–H groups in total. The van der Waals surface area contributed by atoms with Gasteiger partial charge in [0, 0.05) is 6.42 Å². The number of thiophene rings is 1. The molecule has 0 amide bonds. The van der Waals surface area contributed by atoms with Crippen molar-refractivity contribution in [3.8, 4) is 11.5 Å². The summed E-state index contributed by atoms with van der Waals surface area (Å²) in [6.45, 7) is -0.629. The SMILES string of the molecule is COc1ccc(Cc2sccc2O[C@@H]2O[C@H](CO)[C@H](N=O)N(N=O)[C@@H]2N=O)cc1. The second kappa shape index (κ2) is 9.49. The van der Waals surface area contributed by atoms with Gasteiger partial charge in [0.25, 0.3) is 0 Å². The van der Waals surface area contributed by atoms with Gasteiger partial charge in [-0.2, -0.15) is 5.01 Å². The molecule has 1 aliphatic heterocycles. The van der Waals surface area contributed by atoms with Crippen molar-refractivity contribution in [2.24, 2.45) is 15.6 Å². The van der Waals surface area contributed by atoms with Gasteiger partial charge in [-0.25, -0.2) is 0 Å².